The molecule has 0 spiro atoms. The summed E-state index contributed by atoms with van der Waals surface area (Å²) in [6.07, 6.45) is 0.797. The molecule has 0 aliphatic heterocycles. The fourth-order valence-corrected chi connectivity index (χ4v) is 2.88. The lowest BCUT2D eigenvalue weighted by molar-refractivity contribution is -0.122. The highest BCUT2D eigenvalue weighted by Crippen LogP contribution is 2.14. The fraction of sp³-hybridized carbons (Fsp3) is 0.188. The van der Waals surface area contributed by atoms with Crippen molar-refractivity contribution >= 4 is 23.2 Å². The molecule has 128 valence electrons. The third kappa shape index (κ3) is 4.48. The molecule has 0 fully saturated rings. The molecule has 25 heavy (non-hydrogen) atoms. The molecule has 1 aromatic carbocycles. The second kappa shape index (κ2) is 7.67. The third-order valence-corrected chi connectivity index (χ3v) is 4.38. The topological polar surface area (TPSA) is 116 Å². The van der Waals surface area contributed by atoms with Crippen molar-refractivity contribution in [1.29, 1.82) is 0 Å². The number of rotatable bonds is 7. The van der Waals surface area contributed by atoms with E-state index in [1.165, 1.54) is 9.67 Å². The summed E-state index contributed by atoms with van der Waals surface area (Å²) < 4.78 is 0. The second-order valence-electron chi connectivity index (χ2n) is 5.26. The van der Waals surface area contributed by atoms with Gasteiger partial charge in [-0.3, -0.25) is 9.59 Å². The van der Waals surface area contributed by atoms with Gasteiger partial charge in [-0.2, -0.15) is 4.80 Å². The number of carbonyl (C=O) groups excluding carboxylic acids is 2. The van der Waals surface area contributed by atoms with Gasteiger partial charge in [-0.1, -0.05) is 18.2 Å². The summed E-state index contributed by atoms with van der Waals surface area (Å²) in [5.74, 6) is -0.297. The number of nitrogens with zero attached hydrogens (tertiary/aromatic N) is 4. The van der Waals surface area contributed by atoms with Crippen molar-refractivity contribution in [2.75, 3.05) is 6.54 Å². The van der Waals surface area contributed by atoms with Gasteiger partial charge in [-0.15, -0.1) is 21.5 Å². The zero-order valence-corrected chi connectivity index (χ0v) is 14.1. The van der Waals surface area contributed by atoms with Crippen molar-refractivity contribution in [3.05, 3.63) is 52.2 Å². The average Bonchev–Trinajstić information content (AvgIpc) is 3.27. The van der Waals surface area contributed by atoms with E-state index in [9.17, 15) is 9.59 Å². The van der Waals surface area contributed by atoms with Gasteiger partial charge in [0.25, 0.3) is 0 Å². The van der Waals surface area contributed by atoms with Crippen LogP contribution >= 0.6 is 11.3 Å². The molecule has 0 saturated carbocycles. The molecule has 0 aliphatic carbocycles. The number of nitrogens with two attached hydrogens (primary N) is 1. The maximum Gasteiger partial charge on any atom is 0.248 e. The first kappa shape index (κ1) is 16.8. The summed E-state index contributed by atoms with van der Waals surface area (Å²) in [6.45, 7) is 0.562. The fourth-order valence-electron chi connectivity index (χ4n) is 2.17. The van der Waals surface area contributed by atoms with Crippen LogP contribution in [0.1, 0.15) is 15.2 Å². The molecule has 0 unspecified atom stereocenters. The Balaban J connectivity index is 1.54. The van der Waals surface area contributed by atoms with Gasteiger partial charge in [-0.25, -0.2) is 0 Å². The van der Waals surface area contributed by atoms with Crippen molar-refractivity contribution in [3.8, 4) is 11.4 Å². The summed E-state index contributed by atoms with van der Waals surface area (Å²) in [4.78, 5) is 25.4. The number of aromatic nitrogens is 4. The quantitative estimate of drug-likeness (QED) is 0.651. The lowest BCUT2D eigenvalue weighted by Crippen LogP contribution is -2.30. The van der Waals surface area contributed by atoms with Crippen molar-refractivity contribution < 1.29 is 9.59 Å². The largest absolute Gasteiger partial charge is 0.366 e. The van der Waals surface area contributed by atoms with E-state index in [4.69, 9.17) is 5.73 Å². The molecule has 9 heteroatoms. The number of nitrogens with one attached hydrogen (secondary N) is 1. The Kier molecular flexibility index (Phi) is 5.14. The lowest BCUT2D eigenvalue weighted by atomic mass is 10.1. The zero-order valence-electron chi connectivity index (χ0n) is 13.3. The van der Waals surface area contributed by atoms with Gasteiger partial charge < -0.3 is 11.1 Å². The Morgan fingerprint density at radius 2 is 2.00 bits per heavy atom. The van der Waals surface area contributed by atoms with Gasteiger partial charge in [0.05, 0.1) is 0 Å². The highest BCUT2D eigenvalue weighted by atomic mass is 32.1. The standard InChI is InChI=1S/C16H16N6O2S/c17-15(24)11-3-5-12(6-4-11)16-19-21-22(20-16)10-14(23)18-8-7-13-2-1-9-25-13/h1-6,9H,7-8,10H2,(H2,17,24)(H,18,23). The highest BCUT2D eigenvalue weighted by Gasteiger charge is 2.10. The Morgan fingerprint density at radius 3 is 2.68 bits per heavy atom. The monoisotopic (exact) mass is 356 g/mol. The number of hydrogen-bond donors (Lipinski definition) is 2. The molecule has 2 amide bonds. The number of thiophene rings is 1. The molecular formula is C16H16N6O2S. The van der Waals surface area contributed by atoms with Crippen molar-refractivity contribution in [2.24, 2.45) is 5.73 Å². The number of amides is 2. The summed E-state index contributed by atoms with van der Waals surface area (Å²) in [6, 6.07) is 10.6. The predicted octanol–water partition coefficient (Wildman–Crippen LogP) is 0.859. The molecule has 3 aromatic rings. The number of tetrazole rings is 1. The van der Waals surface area contributed by atoms with Gasteiger partial charge in [-0.05, 0) is 35.2 Å². The minimum atomic E-state index is -0.498. The van der Waals surface area contributed by atoms with E-state index in [1.54, 1.807) is 35.6 Å². The van der Waals surface area contributed by atoms with Gasteiger partial charge in [0, 0.05) is 22.5 Å². The summed E-state index contributed by atoms with van der Waals surface area (Å²) >= 11 is 1.66. The van der Waals surface area contributed by atoms with E-state index in [0.29, 0.717) is 23.5 Å². The average molecular weight is 356 g/mol. The molecule has 0 atom stereocenters. The van der Waals surface area contributed by atoms with Crippen molar-refractivity contribution in [3.63, 3.8) is 0 Å². The minimum absolute atomic E-state index is 0.00316. The highest BCUT2D eigenvalue weighted by molar-refractivity contribution is 7.09. The molecule has 0 aliphatic rings. The van der Waals surface area contributed by atoms with Gasteiger partial charge in [0.1, 0.15) is 6.54 Å². The minimum Gasteiger partial charge on any atom is -0.366 e. The Morgan fingerprint density at radius 1 is 1.20 bits per heavy atom. The Labute approximate surface area is 147 Å². The summed E-state index contributed by atoms with van der Waals surface area (Å²) in [7, 11) is 0. The first-order valence-electron chi connectivity index (χ1n) is 7.59. The maximum absolute atomic E-state index is 11.9. The predicted molar refractivity (Wildman–Crippen MR) is 92.8 cm³/mol. The van der Waals surface area contributed by atoms with E-state index in [-0.39, 0.29) is 12.5 Å². The third-order valence-electron chi connectivity index (χ3n) is 3.44. The van der Waals surface area contributed by atoms with Gasteiger partial charge in [0.2, 0.25) is 17.6 Å². The van der Waals surface area contributed by atoms with E-state index in [2.05, 4.69) is 20.7 Å². The van der Waals surface area contributed by atoms with Crippen LogP contribution in [0, 0.1) is 0 Å². The van der Waals surface area contributed by atoms with Crippen LogP contribution < -0.4 is 11.1 Å². The zero-order chi connectivity index (χ0) is 17.6. The normalized spacial score (nSPS) is 10.6. The summed E-state index contributed by atoms with van der Waals surface area (Å²) in [5, 5.41) is 16.8. The van der Waals surface area contributed by atoms with E-state index < -0.39 is 5.91 Å². The number of hydrogen-bond acceptors (Lipinski definition) is 6. The summed E-state index contributed by atoms with van der Waals surface area (Å²) in [5.41, 5.74) is 6.30. The number of benzene rings is 1. The molecular weight excluding hydrogens is 340 g/mol. The molecule has 0 saturated heterocycles. The number of primary amides is 1. The van der Waals surface area contributed by atoms with Crippen molar-refractivity contribution in [2.45, 2.75) is 13.0 Å². The first-order chi connectivity index (χ1) is 12.1. The van der Waals surface area contributed by atoms with Crippen LogP contribution in [0.4, 0.5) is 0 Å². The molecule has 0 bridgehead atoms. The Bertz CT molecular complexity index is 857. The van der Waals surface area contributed by atoms with Crippen LogP contribution in [-0.4, -0.2) is 38.6 Å². The number of carbonyl (C=O) groups is 2. The van der Waals surface area contributed by atoms with Crippen LogP contribution in [0.25, 0.3) is 11.4 Å². The Hall–Kier alpha value is -3.07. The first-order valence-corrected chi connectivity index (χ1v) is 8.47. The van der Waals surface area contributed by atoms with Crippen LogP contribution in [0.15, 0.2) is 41.8 Å². The maximum atomic E-state index is 11.9. The SMILES string of the molecule is NC(=O)c1ccc(-c2nnn(CC(=O)NCCc3cccs3)n2)cc1. The van der Waals surface area contributed by atoms with Crippen LogP contribution in [-0.2, 0) is 17.8 Å². The van der Waals surface area contributed by atoms with E-state index >= 15 is 0 Å². The molecule has 2 aromatic heterocycles. The van der Waals surface area contributed by atoms with Crippen LogP contribution in [0.5, 0.6) is 0 Å². The molecule has 3 rings (SSSR count). The van der Waals surface area contributed by atoms with Crippen LogP contribution in [0.3, 0.4) is 0 Å². The second-order valence-corrected chi connectivity index (χ2v) is 6.30. The molecule has 3 N–H and O–H groups in total. The van der Waals surface area contributed by atoms with E-state index in [0.717, 1.165) is 6.42 Å². The van der Waals surface area contributed by atoms with Crippen LogP contribution in [0.2, 0.25) is 0 Å². The molecule has 0 radical (unpaired) electrons. The van der Waals surface area contributed by atoms with Gasteiger partial charge >= 0.3 is 0 Å². The van der Waals surface area contributed by atoms with E-state index in [1.807, 2.05) is 17.5 Å². The van der Waals surface area contributed by atoms with Crippen molar-refractivity contribution in [1.82, 2.24) is 25.5 Å². The van der Waals surface area contributed by atoms with Gasteiger partial charge in [0.15, 0.2) is 0 Å². The molecule has 2 heterocycles. The molecule has 8 nitrogen and oxygen atoms in total. The lowest BCUT2D eigenvalue weighted by Gasteiger charge is -2.03. The smallest absolute Gasteiger partial charge is 0.248 e.